The predicted molar refractivity (Wildman–Crippen MR) is 93.8 cm³/mol. The van der Waals surface area contributed by atoms with Crippen LogP contribution in [0, 0.1) is 0 Å². The number of amides is 3. The lowest BCUT2D eigenvalue weighted by atomic mass is 9.87. The summed E-state index contributed by atoms with van der Waals surface area (Å²) in [5.74, 6) is 0.227. The minimum atomic E-state index is -0.353. The molecule has 0 unspecified atom stereocenters. The van der Waals surface area contributed by atoms with Gasteiger partial charge in [-0.25, -0.2) is 4.79 Å². The van der Waals surface area contributed by atoms with Crippen molar-refractivity contribution in [3.05, 3.63) is 35.9 Å². The molecule has 0 radical (unpaired) electrons. The number of carbonyl (C=O) groups excluding carboxylic acids is 2. The minimum absolute atomic E-state index is 0.206. The Labute approximate surface area is 143 Å². The third-order valence-corrected chi connectivity index (χ3v) is 5.06. The third kappa shape index (κ3) is 4.35. The molecule has 24 heavy (non-hydrogen) atoms. The molecule has 5 heteroatoms. The number of likely N-dealkylation sites (tertiary alicyclic amines) is 1. The molecule has 1 aromatic carbocycles. The van der Waals surface area contributed by atoms with Crippen LogP contribution in [0.3, 0.4) is 0 Å². The van der Waals surface area contributed by atoms with E-state index in [1.807, 2.05) is 6.07 Å². The van der Waals surface area contributed by atoms with Crippen LogP contribution in [0.2, 0.25) is 0 Å². The number of hydrogen-bond acceptors (Lipinski definition) is 3. The molecule has 2 fully saturated rings. The molecule has 1 aliphatic carbocycles. The second kappa shape index (κ2) is 7.79. The zero-order valence-corrected chi connectivity index (χ0v) is 14.3. The van der Waals surface area contributed by atoms with Crippen LogP contribution in [-0.4, -0.2) is 42.0 Å². The number of benzene rings is 1. The fourth-order valence-corrected chi connectivity index (χ4v) is 3.73. The molecule has 2 aliphatic rings. The van der Waals surface area contributed by atoms with Crippen molar-refractivity contribution in [2.45, 2.75) is 57.0 Å². The van der Waals surface area contributed by atoms with E-state index >= 15 is 0 Å². The SMILES string of the molecule is CC[C@@H](c1ccccc1)[C@H]1CCCN1CC(=O)NC(=O)NC1CC1. The maximum atomic E-state index is 12.2. The van der Waals surface area contributed by atoms with Crippen LogP contribution < -0.4 is 10.6 Å². The first-order valence-corrected chi connectivity index (χ1v) is 9.06. The number of nitrogens with one attached hydrogen (secondary N) is 2. The van der Waals surface area contributed by atoms with Crippen LogP contribution in [0.1, 0.15) is 50.5 Å². The van der Waals surface area contributed by atoms with Crippen molar-refractivity contribution in [3.63, 3.8) is 0 Å². The smallest absolute Gasteiger partial charge is 0.321 e. The number of nitrogens with zero attached hydrogens (tertiary/aromatic N) is 1. The van der Waals surface area contributed by atoms with Crippen LogP contribution in [0.15, 0.2) is 30.3 Å². The highest BCUT2D eigenvalue weighted by atomic mass is 16.2. The van der Waals surface area contributed by atoms with Crippen LogP contribution in [0.25, 0.3) is 0 Å². The van der Waals surface area contributed by atoms with E-state index in [0.29, 0.717) is 18.5 Å². The van der Waals surface area contributed by atoms with E-state index in [4.69, 9.17) is 0 Å². The van der Waals surface area contributed by atoms with E-state index in [0.717, 1.165) is 38.6 Å². The monoisotopic (exact) mass is 329 g/mol. The first-order valence-electron chi connectivity index (χ1n) is 9.06. The Balaban J connectivity index is 1.57. The first-order chi connectivity index (χ1) is 11.7. The molecule has 2 N–H and O–H groups in total. The van der Waals surface area contributed by atoms with Gasteiger partial charge in [0, 0.05) is 12.1 Å². The maximum absolute atomic E-state index is 12.2. The van der Waals surface area contributed by atoms with Gasteiger partial charge in [-0.15, -0.1) is 0 Å². The second-order valence-electron chi connectivity index (χ2n) is 6.90. The molecule has 0 bridgehead atoms. The Morgan fingerprint density at radius 1 is 1.21 bits per heavy atom. The highest BCUT2D eigenvalue weighted by molar-refractivity contribution is 5.95. The van der Waals surface area contributed by atoms with Gasteiger partial charge in [0.2, 0.25) is 5.91 Å². The first kappa shape index (κ1) is 17.0. The molecule has 5 nitrogen and oxygen atoms in total. The topological polar surface area (TPSA) is 61.4 Å². The van der Waals surface area contributed by atoms with Gasteiger partial charge < -0.3 is 5.32 Å². The predicted octanol–water partition coefficient (Wildman–Crippen LogP) is 2.63. The van der Waals surface area contributed by atoms with Crippen molar-refractivity contribution < 1.29 is 9.59 Å². The molecule has 1 aliphatic heterocycles. The van der Waals surface area contributed by atoms with Crippen LogP contribution >= 0.6 is 0 Å². The van der Waals surface area contributed by atoms with E-state index in [9.17, 15) is 9.59 Å². The van der Waals surface area contributed by atoms with Gasteiger partial charge in [-0.1, -0.05) is 37.3 Å². The average Bonchev–Trinajstić information content (AvgIpc) is 3.27. The number of hydrogen-bond donors (Lipinski definition) is 2. The van der Waals surface area contributed by atoms with Gasteiger partial charge in [-0.2, -0.15) is 0 Å². The molecular weight excluding hydrogens is 302 g/mol. The number of urea groups is 1. The number of carbonyl (C=O) groups is 2. The van der Waals surface area contributed by atoms with Gasteiger partial charge >= 0.3 is 6.03 Å². The van der Waals surface area contributed by atoms with Gasteiger partial charge in [-0.3, -0.25) is 15.0 Å². The molecule has 1 saturated carbocycles. The third-order valence-electron chi connectivity index (χ3n) is 5.06. The molecule has 3 rings (SSSR count). The van der Waals surface area contributed by atoms with Crippen molar-refractivity contribution in [1.29, 1.82) is 0 Å². The van der Waals surface area contributed by atoms with Crippen molar-refractivity contribution in [2.24, 2.45) is 0 Å². The molecule has 3 amide bonds. The second-order valence-corrected chi connectivity index (χ2v) is 6.90. The summed E-state index contributed by atoms with van der Waals surface area (Å²) in [7, 11) is 0. The fourth-order valence-electron chi connectivity index (χ4n) is 3.73. The van der Waals surface area contributed by atoms with Gasteiger partial charge in [0.05, 0.1) is 6.54 Å². The summed E-state index contributed by atoms with van der Waals surface area (Å²) in [6.45, 7) is 3.43. The summed E-state index contributed by atoms with van der Waals surface area (Å²) in [6, 6.07) is 10.8. The van der Waals surface area contributed by atoms with Crippen LogP contribution in [0.5, 0.6) is 0 Å². The molecule has 1 aromatic rings. The average molecular weight is 329 g/mol. The molecule has 2 atom stereocenters. The molecule has 1 heterocycles. The summed E-state index contributed by atoms with van der Waals surface area (Å²) in [6.07, 6.45) is 5.30. The summed E-state index contributed by atoms with van der Waals surface area (Å²) in [4.78, 5) is 26.1. The van der Waals surface area contributed by atoms with Gasteiger partial charge in [-0.05, 0) is 50.1 Å². The van der Waals surface area contributed by atoms with Crippen molar-refractivity contribution in [2.75, 3.05) is 13.1 Å². The fraction of sp³-hybridized carbons (Fsp3) is 0.579. The van der Waals surface area contributed by atoms with E-state index in [2.05, 4.69) is 46.7 Å². The zero-order chi connectivity index (χ0) is 16.9. The molecule has 0 aromatic heterocycles. The van der Waals surface area contributed by atoms with E-state index in [1.54, 1.807) is 0 Å². The van der Waals surface area contributed by atoms with Crippen molar-refractivity contribution in [3.8, 4) is 0 Å². The molecule has 1 saturated heterocycles. The Morgan fingerprint density at radius 2 is 1.96 bits per heavy atom. The minimum Gasteiger partial charge on any atom is -0.335 e. The highest BCUT2D eigenvalue weighted by Gasteiger charge is 2.33. The zero-order valence-electron chi connectivity index (χ0n) is 14.3. The number of rotatable bonds is 6. The summed E-state index contributed by atoms with van der Waals surface area (Å²) >= 11 is 0. The normalized spacial score (nSPS) is 22.1. The summed E-state index contributed by atoms with van der Waals surface area (Å²) in [5, 5.41) is 5.26. The van der Waals surface area contributed by atoms with E-state index in [-0.39, 0.29) is 18.0 Å². The Hall–Kier alpha value is -1.88. The van der Waals surface area contributed by atoms with E-state index < -0.39 is 0 Å². The van der Waals surface area contributed by atoms with Gasteiger partial charge in [0.25, 0.3) is 0 Å². The highest BCUT2D eigenvalue weighted by Crippen LogP contribution is 2.33. The number of imide groups is 1. The molecule has 0 spiro atoms. The molecular formula is C19H27N3O2. The van der Waals surface area contributed by atoms with Crippen molar-refractivity contribution >= 4 is 11.9 Å². The van der Waals surface area contributed by atoms with Crippen molar-refractivity contribution in [1.82, 2.24) is 15.5 Å². The Bertz CT molecular complexity index is 571. The standard InChI is InChI=1S/C19H27N3O2/c1-2-16(14-7-4-3-5-8-14)17-9-6-12-22(17)13-18(23)21-19(24)20-15-10-11-15/h3-5,7-8,15-17H,2,6,9-13H2,1H3,(H2,20,21,23,24)/t16-,17+/m0/s1. The lowest BCUT2D eigenvalue weighted by Crippen LogP contribution is -2.47. The lowest BCUT2D eigenvalue weighted by Gasteiger charge is -2.31. The molecule has 130 valence electrons. The Kier molecular flexibility index (Phi) is 5.51. The largest absolute Gasteiger partial charge is 0.335 e. The Morgan fingerprint density at radius 3 is 2.62 bits per heavy atom. The van der Waals surface area contributed by atoms with E-state index in [1.165, 1.54) is 5.56 Å². The van der Waals surface area contributed by atoms with Crippen LogP contribution in [-0.2, 0) is 4.79 Å². The summed E-state index contributed by atoms with van der Waals surface area (Å²) in [5.41, 5.74) is 1.34. The maximum Gasteiger partial charge on any atom is 0.321 e. The summed E-state index contributed by atoms with van der Waals surface area (Å²) < 4.78 is 0. The van der Waals surface area contributed by atoms with Gasteiger partial charge in [0.1, 0.15) is 0 Å². The quantitative estimate of drug-likeness (QED) is 0.843. The van der Waals surface area contributed by atoms with Crippen LogP contribution in [0.4, 0.5) is 4.79 Å². The van der Waals surface area contributed by atoms with Gasteiger partial charge in [0.15, 0.2) is 0 Å². The lowest BCUT2D eigenvalue weighted by molar-refractivity contribution is -0.121.